The van der Waals surface area contributed by atoms with Crippen LogP contribution in [0.5, 0.6) is 0 Å². The zero-order chi connectivity index (χ0) is 18.8. The molecule has 0 amide bonds. The normalized spacial score (nSPS) is 18.7. The fourth-order valence-electron chi connectivity index (χ4n) is 3.06. The number of hydrogen-bond acceptors (Lipinski definition) is 4. The van der Waals surface area contributed by atoms with Crippen molar-refractivity contribution in [1.29, 1.82) is 0 Å². The van der Waals surface area contributed by atoms with Gasteiger partial charge in [0.25, 0.3) is 0 Å². The molecular weight excluding hydrogens is 360 g/mol. The SMILES string of the molecule is CCCN1CCN(O)CC1C(C)OC.Cl.c1cc2cc-2c1.c1ccccc1. The van der Waals surface area contributed by atoms with Crippen LogP contribution in [-0.4, -0.2) is 60.6 Å². The molecule has 0 bridgehead atoms. The van der Waals surface area contributed by atoms with Crippen LogP contribution in [0.4, 0.5) is 0 Å². The molecule has 2 aliphatic carbocycles. The van der Waals surface area contributed by atoms with Gasteiger partial charge in [-0.1, -0.05) is 61.5 Å². The highest BCUT2D eigenvalue weighted by Gasteiger charge is 2.29. The summed E-state index contributed by atoms with van der Waals surface area (Å²) in [5.41, 5.74) is 2.85. The summed E-state index contributed by atoms with van der Waals surface area (Å²) in [5.74, 6) is 0. The van der Waals surface area contributed by atoms with Gasteiger partial charge in [-0.15, -0.1) is 12.4 Å². The Morgan fingerprint density at radius 3 is 1.96 bits per heavy atom. The summed E-state index contributed by atoms with van der Waals surface area (Å²) in [4.78, 5) is 2.40. The molecule has 1 N–H and O–H groups in total. The van der Waals surface area contributed by atoms with Gasteiger partial charge >= 0.3 is 0 Å². The van der Waals surface area contributed by atoms with Gasteiger partial charge in [-0.3, -0.25) is 4.90 Å². The smallest absolute Gasteiger partial charge is 0.0711 e. The van der Waals surface area contributed by atoms with Gasteiger partial charge < -0.3 is 9.94 Å². The van der Waals surface area contributed by atoms with Crippen molar-refractivity contribution in [2.24, 2.45) is 0 Å². The highest BCUT2D eigenvalue weighted by Crippen LogP contribution is 2.32. The van der Waals surface area contributed by atoms with Gasteiger partial charge in [0, 0.05) is 26.7 Å². The Morgan fingerprint density at radius 1 is 1.04 bits per heavy atom. The van der Waals surface area contributed by atoms with Gasteiger partial charge in [0.2, 0.25) is 0 Å². The van der Waals surface area contributed by atoms with E-state index in [9.17, 15) is 5.21 Å². The number of halogens is 1. The Balaban J connectivity index is 0.000000229. The van der Waals surface area contributed by atoms with Crippen LogP contribution in [0.3, 0.4) is 0 Å². The fraction of sp³-hybridized carbons (Fsp3) is 0.455. The predicted molar refractivity (Wildman–Crippen MR) is 115 cm³/mol. The van der Waals surface area contributed by atoms with Gasteiger partial charge in [0.05, 0.1) is 12.1 Å². The molecule has 4 rings (SSSR count). The largest absolute Gasteiger partial charge is 0.380 e. The predicted octanol–water partition coefficient (Wildman–Crippen LogP) is 4.58. The fourth-order valence-corrected chi connectivity index (χ4v) is 3.06. The number of methoxy groups -OCH3 is 1. The summed E-state index contributed by atoms with van der Waals surface area (Å²) in [7, 11) is 1.73. The molecule has 1 heterocycles. The Morgan fingerprint density at radius 2 is 1.59 bits per heavy atom. The topological polar surface area (TPSA) is 35.9 Å². The Bertz CT molecular complexity index is 583. The minimum absolute atomic E-state index is 0. The molecule has 3 aliphatic rings. The number of fused-ring (bicyclic) bond motifs is 1. The van der Waals surface area contributed by atoms with E-state index in [4.69, 9.17) is 4.74 Å². The molecule has 1 saturated heterocycles. The van der Waals surface area contributed by atoms with Crippen LogP contribution in [0.2, 0.25) is 0 Å². The van der Waals surface area contributed by atoms with Crippen molar-refractivity contribution in [3.8, 4) is 11.1 Å². The molecule has 0 spiro atoms. The monoisotopic (exact) mass is 392 g/mol. The summed E-state index contributed by atoms with van der Waals surface area (Å²) in [6, 6.07) is 20.8. The molecular formula is C22H33ClN2O2. The third-order valence-corrected chi connectivity index (χ3v) is 4.72. The van der Waals surface area contributed by atoms with E-state index in [1.807, 2.05) is 36.4 Å². The van der Waals surface area contributed by atoms with Crippen molar-refractivity contribution >= 4 is 12.4 Å². The lowest BCUT2D eigenvalue weighted by molar-refractivity contribution is -0.150. The van der Waals surface area contributed by atoms with Gasteiger partial charge in [-0.05, 0) is 37.1 Å². The number of hydroxylamine groups is 2. The zero-order valence-electron chi connectivity index (χ0n) is 16.6. The number of rotatable bonds is 4. The Hall–Kier alpha value is -1.43. The standard InChI is InChI=1S/C10H22N2O2.C6H4.C6H6.ClH/c1-4-5-11-6-7-12(13)8-10(11)9(2)14-3;1-2-5-4-6(5)3-1;1-2-4-6-5-3-1;/h9-10,13H,4-8H2,1-3H3;1-4H;1-6H;1H. The number of ether oxygens (including phenoxy) is 1. The van der Waals surface area contributed by atoms with Gasteiger partial charge in [-0.25, -0.2) is 0 Å². The third kappa shape index (κ3) is 8.41. The van der Waals surface area contributed by atoms with E-state index in [-0.39, 0.29) is 18.5 Å². The molecule has 0 aromatic heterocycles. The maximum atomic E-state index is 9.46. The van der Waals surface area contributed by atoms with Crippen LogP contribution in [0.1, 0.15) is 20.3 Å². The summed E-state index contributed by atoms with van der Waals surface area (Å²) in [5, 5.41) is 10.9. The molecule has 1 fully saturated rings. The van der Waals surface area contributed by atoms with Crippen molar-refractivity contribution in [2.45, 2.75) is 32.4 Å². The van der Waals surface area contributed by atoms with Crippen molar-refractivity contribution in [1.82, 2.24) is 9.96 Å². The van der Waals surface area contributed by atoms with Crippen molar-refractivity contribution in [2.75, 3.05) is 33.3 Å². The third-order valence-electron chi connectivity index (χ3n) is 4.72. The molecule has 1 aromatic rings. The van der Waals surface area contributed by atoms with Crippen LogP contribution in [-0.2, 0) is 4.74 Å². The Labute approximate surface area is 170 Å². The number of piperazine rings is 1. The molecule has 1 aliphatic heterocycles. The lowest BCUT2D eigenvalue weighted by Crippen LogP contribution is -2.56. The molecule has 1 aromatic carbocycles. The second kappa shape index (κ2) is 12.9. The summed E-state index contributed by atoms with van der Waals surface area (Å²) >= 11 is 0. The van der Waals surface area contributed by atoms with Crippen LogP contribution >= 0.6 is 12.4 Å². The zero-order valence-corrected chi connectivity index (χ0v) is 17.4. The van der Waals surface area contributed by atoms with E-state index in [1.54, 1.807) is 7.11 Å². The average Bonchev–Trinajstić information content (AvgIpc) is 3.30. The van der Waals surface area contributed by atoms with Crippen LogP contribution in [0, 0.1) is 0 Å². The minimum Gasteiger partial charge on any atom is -0.380 e. The van der Waals surface area contributed by atoms with Crippen LogP contribution in [0.25, 0.3) is 11.1 Å². The van der Waals surface area contributed by atoms with Crippen molar-refractivity contribution < 1.29 is 9.94 Å². The Kier molecular flexibility index (Phi) is 11.3. The molecule has 0 radical (unpaired) electrons. The quantitative estimate of drug-likeness (QED) is 0.704. The van der Waals surface area contributed by atoms with E-state index in [0.29, 0.717) is 12.6 Å². The second-order valence-corrected chi connectivity index (χ2v) is 6.69. The van der Waals surface area contributed by atoms with E-state index in [1.165, 1.54) is 16.2 Å². The van der Waals surface area contributed by atoms with E-state index < -0.39 is 0 Å². The highest BCUT2D eigenvalue weighted by atomic mass is 35.5. The second-order valence-electron chi connectivity index (χ2n) is 6.69. The lowest BCUT2D eigenvalue weighted by Gasteiger charge is -2.41. The highest BCUT2D eigenvalue weighted by molar-refractivity contribution is 5.85. The summed E-state index contributed by atoms with van der Waals surface area (Å²) in [6.07, 6.45) is 1.33. The van der Waals surface area contributed by atoms with Crippen molar-refractivity contribution in [3.63, 3.8) is 0 Å². The molecule has 2 atom stereocenters. The molecule has 0 saturated carbocycles. The molecule has 2 unspecified atom stereocenters. The number of hydrogen-bond donors (Lipinski definition) is 1. The average molecular weight is 393 g/mol. The van der Waals surface area contributed by atoms with E-state index in [0.717, 1.165) is 26.1 Å². The van der Waals surface area contributed by atoms with Crippen molar-refractivity contribution in [3.05, 3.63) is 60.7 Å². The minimum atomic E-state index is 0. The van der Waals surface area contributed by atoms with Crippen LogP contribution < -0.4 is 0 Å². The maximum Gasteiger partial charge on any atom is 0.0711 e. The molecule has 27 heavy (non-hydrogen) atoms. The van der Waals surface area contributed by atoms with Gasteiger partial charge in [0.1, 0.15) is 0 Å². The number of nitrogens with zero attached hydrogens (tertiary/aromatic N) is 2. The first-order valence-electron chi connectivity index (χ1n) is 9.46. The number of benzene rings is 2. The molecule has 150 valence electrons. The van der Waals surface area contributed by atoms with Gasteiger partial charge in [-0.2, -0.15) is 5.06 Å². The maximum absolute atomic E-state index is 9.46. The first kappa shape index (κ1) is 23.6. The van der Waals surface area contributed by atoms with E-state index >= 15 is 0 Å². The lowest BCUT2D eigenvalue weighted by atomic mass is 10.1. The van der Waals surface area contributed by atoms with Crippen LogP contribution in [0.15, 0.2) is 60.7 Å². The first-order valence-corrected chi connectivity index (χ1v) is 9.46. The summed E-state index contributed by atoms with van der Waals surface area (Å²) in [6.45, 7) is 7.70. The summed E-state index contributed by atoms with van der Waals surface area (Å²) < 4.78 is 5.34. The van der Waals surface area contributed by atoms with Gasteiger partial charge in [0.15, 0.2) is 0 Å². The van der Waals surface area contributed by atoms with E-state index in [2.05, 4.69) is 43.0 Å². The molecule has 5 heteroatoms. The molecule has 4 nitrogen and oxygen atoms in total. The first-order chi connectivity index (χ1) is 12.7.